The van der Waals surface area contributed by atoms with Crippen LogP contribution in [0.15, 0.2) is 36.4 Å². The summed E-state index contributed by atoms with van der Waals surface area (Å²) in [7, 11) is 0. The molecule has 0 aromatic heterocycles. The van der Waals surface area contributed by atoms with Gasteiger partial charge in [0.25, 0.3) is 0 Å². The highest BCUT2D eigenvalue weighted by atomic mass is 35.5. The molecule has 0 heterocycles. The molecule has 0 aliphatic heterocycles. The Bertz CT molecular complexity index is 656. The van der Waals surface area contributed by atoms with E-state index in [0.717, 1.165) is 0 Å². The summed E-state index contributed by atoms with van der Waals surface area (Å²) in [5.74, 6) is -0.894. The van der Waals surface area contributed by atoms with Crippen molar-refractivity contribution in [2.75, 3.05) is 0 Å². The van der Waals surface area contributed by atoms with Crippen molar-refractivity contribution in [3.05, 3.63) is 62.6 Å². The highest BCUT2D eigenvalue weighted by Crippen LogP contribution is 2.26. The normalized spacial score (nSPS) is 10.3. The van der Waals surface area contributed by atoms with E-state index in [1.807, 2.05) is 0 Å². The van der Waals surface area contributed by atoms with Crippen molar-refractivity contribution in [1.29, 1.82) is 0 Å². The monoisotopic (exact) mass is 330 g/mol. The summed E-state index contributed by atoms with van der Waals surface area (Å²) in [4.78, 5) is 11.1. The molecule has 2 aromatic rings. The number of hydrogen-bond donors (Lipinski definition) is 1. The molecule has 2 aromatic carbocycles. The number of hydrogen-bond acceptors (Lipinski definition) is 2. The van der Waals surface area contributed by atoms with Crippen molar-refractivity contribution in [2.24, 2.45) is 0 Å². The Morgan fingerprint density at radius 3 is 2.35 bits per heavy atom. The predicted octanol–water partition coefficient (Wildman–Crippen LogP) is 4.92. The summed E-state index contributed by atoms with van der Waals surface area (Å²) in [6.07, 6.45) is 0. The van der Waals surface area contributed by atoms with Gasteiger partial charge in [-0.1, -0.05) is 40.9 Å². The van der Waals surface area contributed by atoms with Crippen molar-refractivity contribution in [3.8, 4) is 5.75 Å². The zero-order valence-corrected chi connectivity index (χ0v) is 12.3. The van der Waals surface area contributed by atoms with Crippen LogP contribution in [0.5, 0.6) is 5.75 Å². The third-order valence-corrected chi connectivity index (χ3v) is 3.39. The van der Waals surface area contributed by atoms with E-state index < -0.39 is 5.97 Å². The van der Waals surface area contributed by atoms with Gasteiger partial charge in [-0.25, -0.2) is 4.79 Å². The molecule has 0 aliphatic carbocycles. The maximum absolute atomic E-state index is 11.1. The molecule has 1 N–H and O–H groups in total. The quantitative estimate of drug-likeness (QED) is 0.864. The Morgan fingerprint density at radius 1 is 1.05 bits per heavy atom. The minimum atomic E-state index is -1.08. The lowest BCUT2D eigenvalue weighted by atomic mass is 10.2. The zero-order valence-electron chi connectivity index (χ0n) is 10.1. The molecule has 0 saturated heterocycles. The molecule has 0 radical (unpaired) electrons. The summed E-state index contributed by atoms with van der Waals surface area (Å²) >= 11 is 17.7. The SMILES string of the molecule is O=C(O)c1ccc(Cl)cc1OCc1ccc(Cl)cc1Cl. The second-order valence-corrected chi connectivity index (χ2v) is 5.25. The first-order valence-corrected chi connectivity index (χ1v) is 6.70. The van der Waals surface area contributed by atoms with Crippen LogP contribution in [0.3, 0.4) is 0 Å². The van der Waals surface area contributed by atoms with E-state index >= 15 is 0 Å². The van der Waals surface area contributed by atoms with Crippen molar-refractivity contribution < 1.29 is 14.6 Å². The highest BCUT2D eigenvalue weighted by molar-refractivity contribution is 6.35. The summed E-state index contributed by atoms with van der Waals surface area (Å²) < 4.78 is 5.49. The molecule has 3 nitrogen and oxygen atoms in total. The molecule has 20 heavy (non-hydrogen) atoms. The van der Waals surface area contributed by atoms with E-state index in [1.165, 1.54) is 18.2 Å². The Balaban J connectivity index is 2.22. The molecular formula is C14H9Cl3O3. The first-order chi connectivity index (χ1) is 9.47. The first kappa shape index (κ1) is 15.0. The van der Waals surface area contributed by atoms with E-state index in [0.29, 0.717) is 20.6 Å². The van der Waals surface area contributed by atoms with Crippen molar-refractivity contribution >= 4 is 40.8 Å². The smallest absolute Gasteiger partial charge is 0.339 e. The van der Waals surface area contributed by atoms with Gasteiger partial charge in [0.2, 0.25) is 0 Å². The fourth-order valence-electron chi connectivity index (χ4n) is 1.59. The average Bonchev–Trinajstić information content (AvgIpc) is 2.37. The van der Waals surface area contributed by atoms with Crippen LogP contribution in [0, 0.1) is 0 Å². The van der Waals surface area contributed by atoms with Crippen LogP contribution >= 0.6 is 34.8 Å². The number of ether oxygens (including phenoxy) is 1. The summed E-state index contributed by atoms with van der Waals surface area (Å²) in [6, 6.07) is 9.33. The Labute approximate surface area is 130 Å². The standard InChI is InChI=1S/C14H9Cl3O3/c15-9-2-1-8(12(17)5-9)7-20-13-6-10(16)3-4-11(13)14(18)19/h1-6H,7H2,(H,18,19). The summed E-state index contributed by atoms with van der Waals surface area (Å²) in [5, 5.41) is 10.4. The van der Waals surface area contributed by atoms with Gasteiger partial charge in [0.1, 0.15) is 17.9 Å². The molecular weight excluding hydrogens is 323 g/mol. The van der Waals surface area contributed by atoms with Crippen LogP contribution in [-0.2, 0) is 6.61 Å². The second-order valence-electron chi connectivity index (χ2n) is 3.97. The molecule has 0 amide bonds. The van der Waals surface area contributed by atoms with Gasteiger partial charge in [0.05, 0.1) is 0 Å². The van der Waals surface area contributed by atoms with Crippen LogP contribution in [-0.4, -0.2) is 11.1 Å². The topological polar surface area (TPSA) is 46.5 Å². The second kappa shape index (κ2) is 6.35. The number of benzene rings is 2. The molecule has 0 bridgehead atoms. The Kier molecular flexibility index (Phi) is 4.76. The lowest BCUT2D eigenvalue weighted by molar-refractivity contribution is 0.0692. The number of carboxylic acid groups (broad SMARTS) is 1. The predicted molar refractivity (Wildman–Crippen MR) is 79.2 cm³/mol. The number of rotatable bonds is 4. The summed E-state index contributed by atoms with van der Waals surface area (Å²) in [6.45, 7) is 0.122. The molecule has 0 atom stereocenters. The van der Waals surface area contributed by atoms with Gasteiger partial charge < -0.3 is 9.84 Å². The van der Waals surface area contributed by atoms with Crippen LogP contribution in [0.4, 0.5) is 0 Å². The van der Waals surface area contributed by atoms with E-state index in [9.17, 15) is 4.79 Å². The fraction of sp³-hybridized carbons (Fsp3) is 0.0714. The molecule has 0 saturated carbocycles. The molecule has 104 valence electrons. The van der Waals surface area contributed by atoms with Crippen molar-refractivity contribution in [2.45, 2.75) is 6.61 Å². The first-order valence-electron chi connectivity index (χ1n) is 5.57. The van der Waals surface area contributed by atoms with E-state index in [4.69, 9.17) is 44.6 Å². The third-order valence-electron chi connectivity index (χ3n) is 2.57. The van der Waals surface area contributed by atoms with E-state index in [2.05, 4.69) is 0 Å². The van der Waals surface area contributed by atoms with Gasteiger partial charge >= 0.3 is 5.97 Å². The van der Waals surface area contributed by atoms with Crippen LogP contribution < -0.4 is 4.74 Å². The molecule has 2 rings (SSSR count). The van der Waals surface area contributed by atoms with Crippen LogP contribution in [0.25, 0.3) is 0 Å². The van der Waals surface area contributed by atoms with Crippen LogP contribution in [0.1, 0.15) is 15.9 Å². The Morgan fingerprint density at radius 2 is 1.70 bits per heavy atom. The van der Waals surface area contributed by atoms with E-state index in [-0.39, 0.29) is 17.9 Å². The largest absolute Gasteiger partial charge is 0.488 e. The van der Waals surface area contributed by atoms with Gasteiger partial charge in [0.15, 0.2) is 0 Å². The zero-order chi connectivity index (χ0) is 14.7. The molecule has 0 aliphatic rings. The molecule has 0 spiro atoms. The van der Waals surface area contributed by atoms with Crippen molar-refractivity contribution in [3.63, 3.8) is 0 Å². The van der Waals surface area contributed by atoms with Gasteiger partial charge in [-0.05, 0) is 30.3 Å². The minimum absolute atomic E-state index is 0.0412. The molecule has 0 fully saturated rings. The molecule has 0 unspecified atom stereocenters. The number of aromatic carboxylic acids is 1. The minimum Gasteiger partial charge on any atom is -0.488 e. The number of carbonyl (C=O) groups is 1. The Hall–Kier alpha value is -1.42. The number of carboxylic acids is 1. The lowest BCUT2D eigenvalue weighted by Crippen LogP contribution is -2.03. The average molecular weight is 332 g/mol. The lowest BCUT2D eigenvalue weighted by Gasteiger charge is -2.10. The van der Waals surface area contributed by atoms with Crippen LogP contribution in [0.2, 0.25) is 15.1 Å². The van der Waals surface area contributed by atoms with Crippen molar-refractivity contribution in [1.82, 2.24) is 0 Å². The van der Waals surface area contributed by atoms with E-state index in [1.54, 1.807) is 18.2 Å². The van der Waals surface area contributed by atoms with Gasteiger partial charge in [-0.15, -0.1) is 0 Å². The van der Waals surface area contributed by atoms with Gasteiger partial charge in [-0.2, -0.15) is 0 Å². The van der Waals surface area contributed by atoms with Gasteiger partial charge in [-0.3, -0.25) is 0 Å². The van der Waals surface area contributed by atoms with Gasteiger partial charge in [0, 0.05) is 20.6 Å². The summed E-state index contributed by atoms with van der Waals surface area (Å²) in [5.41, 5.74) is 0.742. The maximum atomic E-state index is 11.1. The fourth-order valence-corrected chi connectivity index (χ4v) is 2.21. The third kappa shape index (κ3) is 3.57. The highest BCUT2D eigenvalue weighted by Gasteiger charge is 2.12. The molecule has 6 heteroatoms. The number of halogens is 3. The maximum Gasteiger partial charge on any atom is 0.339 e.